The minimum absolute atomic E-state index is 1.06. The maximum absolute atomic E-state index is 3.36. The second kappa shape index (κ2) is 18.5. The maximum Gasteiger partial charge on any atom is 0.0543 e. The van der Waals surface area contributed by atoms with E-state index in [4.69, 9.17) is 0 Å². The predicted molar refractivity (Wildman–Crippen MR) is 253 cm³/mol. The van der Waals surface area contributed by atoms with Crippen molar-refractivity contribution in [2.24, 2.45) is 0 Å². The average molecular weight is 755 g/mol. The number of hydrogen-bond acceptors (Lipinski definition) is 1. The fourth-order valence-electron chi connectivity index (χ4n) is 8.20. The number of allylic oxidation sites excluding steroid dienone is 6. The van der Waals surface area contributed by atoms with Crippen LogP contribution in [0.3, 0.4) is 0 Å². The van der Waals surface area contributed by atoms with E-state index in [1.165, 1.54) is 89.4 Å². The first-order valence-corrected chi connectivity index (χ1v) is 20.7. The van der Waals surface area contributed by atoms with Crippen LogP contribution in [0.2, 0.25) is 0 Å². The van der Waals surface area contributed by atoms with Crippen molar-refractivity contribution in [2.75, 3.05) is 4.90 Å². The van der Waals surface area contributed by atoms with Gasteiger partial charge in [-0.2, -0.15) is 0 Å². The van der Waals surface area contributed by atoms with Gasteiger partial charge in [0.1, 0.15) is 0 Å². The van der Waals surface area contributed by atoms with E-state index in [0.717, 1.165) is 25.7 Å². The fourth-order valence-corrected chi connectivity index (χ4v) is 8.20. The molecule has 0 saturated heterocycles. The highest BCUT2D eigenvalue weighted by atomic mass is 15.1. The maximum atomic E-state index is 3.36. The lowest BCUT2D eigenvalue weighted by Gasteiger charge is -2.30. The third kappa shape index (κ3) is 8.10. The molecule has 2 nitrogen and oxygen atoms in total. The molecule has 2 aliphatic carbocycles. The Morgan fingerprint density at radius 3 is 1.88 bits per heavy atom. The van der Waals surface area contributed by atoms with Gasteiger partial charge in [-0.15, -0.1) is 0 Å². The zero-order valence-electron chi connectivity index (χ0n) is 34.5. The van der Waals surface area contributed by atoms with Gasteiger partial charge in [0.2, 0.25) is 0 Å². The van der Waals surface area contributed by atoms with E-state index < -0.39 is 0 Å². The number of rotatable bonds is 8. The van der Waals surface area contributed by atoms with Crippen LogP contribution in [0.1, 0.15) is 55.5 Å². The van der Waals surface area contributed by atoms with Gasteiger partial charge in [-0.3, -0.25) is 0 Å². The second-order valence-corrected chi connectivity index (χ2v) is 14.5. The predicted octanol–water partition coefficient (Wildman–Crippen LogP) is 16.0. The fraction of sp³-hybridized carbons (Fsp3) is 0.143. The summed E-state index contributed by atoms with van der Waals surface area (Å²) in [7, 11) is 0. The number of nitrogens with zero attached hydrogens (tertiary/aromatic N) is 2. The van der Waals surface area contributed by atoms with E-state index >= 15 is 0 Å². The summed E-state index contributed by atoms with van der Waals surface area (Å²) in [6, 6.07) is 51.2. The minimum Gasteiger partial charge on any atom is -0.311 e. The van der Waals surface area contributed by atoms with E-state index in [0.29, 0.717) is 0 Å². The number of hydrogen-bond donors (Lipinski definition) is 0. The molecular formula is C56H54N2. The van der Waals surface area contributed by atoms with Crippen molar-refractivity contribution in [3.8, 4) is 39.1 Å². The normalized spacial score (nSPS) is 12.7. The number of aryl methyl sites for hydroxylation is 2. The van der Waals surface area contributed by atoms with Gasteiger partial charge in [-0.1, -0.05) is 161 Å². The molecule has 0 saturated carbocycles. The van der Waals surface area contributed by atoms with E-state index in [-0.39, 0.29) is 0 Å². The molecule has 2 heteroatoms. The Hall–Kier alpha value is -6.64. The summed E-state index contributed by atoms with van der Waals surface area (Å²) in [5.74, 6) is 0. The minimum atomic E-state index is 1.06. The summed E-state index contributed by atoms with van der Waals surface area (Å²) >= 11 is 0. The van der Waals surface area contributed by atoms with Gasteiger partial charge in [0.05, 0.1) is 5.52 Å². The highest BCUT2D eigenvalue weighted by Gasteiger charge is 2.20. The number of para-hydroxylation sites is 2. The Labute approximate surface area is 346 Å². The van der Waals surface area contributed by atoms with Crippen LogP contribution in [-0.2, 0) is 6.42 Å². The van der Waals surface area contributed by atoms with E-state index in [1.807, 2.05) is 13.8 Å². The van der Waals surface area contributed by atoms with Crippen LogP contribution in [0.5, 0.6) is 0 Å². The lowest BCUT2D eigenvalue weighted by molar-refractivity contribution is 0.967. The van der Waals surface area contributed by atoms with Crippen LogP contribution in [0.4, 0.5) is 11.4 Å². The lowest BCUT2D eigenvalue weighted by Crippen LogP contribution is -2.17. The Balaban J connectivity index is 0.000000806. The number of anilines is 2. The molecular weight excluding hydrogens is 701 g/mol. The first kappa shape index (κ1) is 39.6. The molecule has 1 heterocycles. The van der Waals surface area contributed by atoms with Crippen LogP contribution in [0.25, 0.3) is 56.0 Å². The molecule has 7 aromatic rings. The standard InChI is InChI=1S/C50H42N2.C4H6.C2H6/c1-35-33-39(29-31-44(35)45-22-14-24-48(36(45)2)51(41-15-6-3-7-16-41)42-17-8-4-9-18-42)37-25-27-38(28-26-37)40-30-32-47-46-21-12-13-23-49(46)52(50(47)34-40)43-19-10-5-11-20-43;1-3-4-2;1-2/h3,5-8,10-11,13-20,22-34H,4,9,12,21H2,1-2H3;3-4H,1-2H2;1-2H3. The molecule has 0 N–H and O–H groups in total. The molecule has 2 aliphatic rings. The molecule has 288 valence electrons. The van der Waals surface area contributed by atoms with Gasteiger partial charge in [-0.25, -0.2) is 0 Å². The van der Waals surface area contributed by atoms with Gasteiger partial charge < -0.3 is 9.47 Å². The lowest BCUT2D eigenvalue weighted by atomic mass is 9.92. The smallest absolute Gasteiger partial charge is 0.0543 e. The Morgan fingerprint density at radius 1 is 0.586 bits per heavy atom. The summed E-state index contributed by atoms with van der Waals surface area (Å²) in [6.45, 7) is 15.2. The first-order valence-electron chi connectivity index (χ1n) is 20.7. The summed E-state index contributed by atoms with van der Waals surface area (Å²) < 4.78 is 2.43. The van der Waals surface area contributed by atoms with Crippen LogP contribution < -0.4 is 4.90 Å². The van der Waals surface area contributed by atoms with Crippen molar-refractivity contribution < 1.29 is 0 Å². The monoisotopic (exact) mass is 754 g/mol. The molecule has 0 atom stereocenters. The Bertz CT molecular complexity index is 2610. The quantitative estimate of drug-likeness (QED) is 0.140. The summed E-state index contributed by atoms with van der Waals surface area (Å²) in [5.41, 5.74) is 18.9. The van der Waals surface area contributed by atoms with Crippen molar-refractivity contribution >= 4 is 28.4 Å². The van der Waals surface area contributed by atoms with Crippen molar-refractivity contribution in [2.45, 2.75) is 53.4 Å². The largest absolute Gasteiger partial charge is 0.311 e. The molecule has 58 heavy (non-hydrogen) atoms. The summed E-state index contributed by atoms with van der Waals surface area (Å²) in [6.07, 6.45) is 19.1. The van der Waals surface area contributed by atoms with Gasteiger partial charge in [-0.05, 0) is 138 Å². The van der Waals surface area contributed by atoms with Crippen molar-refractivity contribution in [1.29, 1.82) is 0 Å². The third-order valence-electron chi connectivity index (χ3n) is 11.0. The molecule has 0 unspecified atom stereocenters. The first-order chi connectivity index (χ1) is 28.6. The third-order valence-corrected chi connectivity index (χ3v) is 11.0. The van der Waals surface area contributed by atoms with Crippen LogP contribution >= 0.6 is 0 Å². The molecule has 0 bridgehead atoms. The van der Waals surface area contributed by atoms with Crippen molar-refractivity contribution in [3.05, 3.63) is 217 Å². The molecule has 0 fully saturated rings. The molecule has 0 radical (unpaired) electrons. The SMILES string of the molecule is C=CC=C.CC.Cc1cc(-c2ccc(-c3ccc4c5c(n(-c6ccccc6)c4c3)C=CCC5)cc2)ccc1-c1cccc(N(C2=CCCC=C2)c2ccccc2)c1C. The van der Waals surface area contributed by atoms with Crippen LogP contribution in [0.15, 0.2) is 195 Å². The van der Waals surface area contributed by atoms with Gasteiger partial charge >= 0.3 is 0 Å². The molecule has 0 amide bonds. The Morgan fingerprint density at radius 2 is 1.22 bits per heavy atom. The van der Waals surface area contributed by atoms with Crippen LogP contribution in [0, 0.1) is 13.8 Å². The average Bonchev–Trinajstić information content (AvgIpc) is 3.63. The second-order valence-electron chi connectivity index (χ2n) is 14.5. The van der Waals surface area contributed by atoms with Gasteiger partial charge in [0.15, 0.2) is 0 Å². The van der Waals surface area contributed by atoms with Crippen molar-refractivity contribution in [1.82, 2.24) is 4.57 Å². The molecule has 1 aromatic heterocycles. The van der Waals surface area contributed by atoms with E-state index in [9.17, 15) is 0 Å². The van der Waals surface area contributed by atoms with Crippen molar-refractivity contribution in [3.63, 3.8) is 0 Å². The molecule has 9 rings (SSSR count). The number of benzene rings is 6. The van der Waals surface area contributed by atoms with Crippen LogP contribution in [-0.4, -0.2) is 4.57 Å². The molecule has 6 aromatic carbocycles. The number of aromatic nitrogens is 1. The highest BCUT2D eigenvalue weighted by molar-refractivity contribution is 5.94. The zero-order chi connectivity index (χ0) is 40.4. The summed E-state index contributed by atoms with van der Waals surface area (Å²) in [4.78, 5) is 2.40. The Kier molecular flexibility index (Phi) is 12.7. The van der Waals surface area contributed by atoms with E-state index in [1.54, 1.807) is 12.2 Å². The van der Waals surface area contributed by atoms with Gasteiger partial charge in [0, 0.05) is 33.8 Å². The number of fused-ring (bicyclic) bond motifs is 3. The summed E-state index contributed by atoms with van der Waals surface area (Å²) in [5, 5.41) is 1.36. The highest BCUT2D eigenvalue weighted by Crippen LogP contribution is 2.40. The molecule has 0 spiro atoms. The molecule has 0 aliphatic heterocycles. The zero-order valence-corrected chi connectivity index (χ0v) is 34.5. The van der Waals surface area contributed by atoms with E-state index in [2.05, 4.69) is 206 Å². The topological polar surface area (TPSA) is 8.17 Å². The van der Waals surface area contributed by atoms with Gasteiger partial charge in [0.25, 0.3) is 0 Å².